The lowest BCUT2D eigenvalue weighted by atomic mass is 9.99. The molecular weight excluding hydrogens is 234 g/mol. The summed E-state index contributed by atoms with van der Waals surface area (Å²) in [7, 11) is 0. The molecule has 1 aliphatic rings. The number of hydrogen-bond acceptors (Lipinski definition) is 5. The topological polar surface area (TPSA) is 79.5 Å². The third kappa shape index (κ3) is 2.59. The molecule has 1 aromatic rings. The van der Waals surface area contributed by atoms with Gasteiger partial charge in [0.15, 0.2) is 0 Å². The summed E-state index contributed by atoms with van der Waals surface area (Å²) < 4.78 is 0. The molecule has 1 N–H and O–H groups in total. The van der Waals surface area contributed by atoms with Crippen molar-refractivity contribution in [3.05, 3.63) is 27.9 Å². The van der Waals surface area contributed by atoms with E-state index in [1.54, 1.807) is 6.07 Å². The predicted octanol–water partition coefficient (Wildman–Crippen LogP) is 1.51. The van der Waals surface area contributed by atoms with Crippen LogP contribution < -0.4 is 4.90 Å². The zero-order chi connectivity index (χ0) is 13.1. The van der Waals surface area contributed by atoms with Crippen LogP contribution >= 0.6 is 0 Å². The minimum atomic E-state index is -0.398. The smallest absolute Gasteiger partial charge is 0.311 e. The Labute approximate surface area is 105 Å². The van der Waals surface area contributed by atoms with Crippen LogP contribution in [0, 0.1) is 23.0 Å². The van der Waals surface area contributed by atoms with Gasteiger partial charge in [-0.2, -0.15) is 0 Å². The van der Waals surface area contributed by atoms with Crippen LogP contribution in [0.2, 0.25) is 0 Å². The van der Waals surface area contributed by atoms with E-state index in [-0.39, 0.29) is 18.2 Å². The molecule has 0 aliphatic carbocycles. The number of rotatable bonds is 3. The molecule has 0 amide bonds. The molecule has 18 heavy (non-hydrogen) atoms. The zero-order valence-corrected chi connectivity index (χ0v) is 10.4. The van der Waals surface area contributed by atoms with Gasteiger partial charge < -0.3 is 10.0 Å². The monoisotopic (exact) mass is 251 g/mol. The van der Waals surface area contributed by atoms with Crippen molar-refractivity contribution in [2.24, 2.45) is 5.92 Å². The molecule has 0 aromatic carbocycles. The van der Waals surface area contributed by atoms with Gasteiger partial charge in [-0.15, -0.1) is 0 Å². The van der Waals surface area contributed by atoms with E-state index >= 15 is 0 Å². The van der Waals surface area contributed by atoms with E-state index in [1.165, 1.54) is 6.07 Å². The molecule has 0 radical (unpaired) electrons. The number of anilines is 1. The lowest BCUT2D eigenvalue weighted by molar-refractivity contribution is -0.384. The number of hydrogen-bond donors (Lipinski definition) is 1. The van der Waals surface area contributed by atoms with Crippen LogP contribution in [0.1, 0.15) is 18.5 Å². The van der Waals surface area contributed by atoms with Gasteiger partial charge in [-0.05, 0) is 31.7 Å². The van der Waals surface area contributed by atoms with Crippen molar-refractivity contribution in [3.63, 3.8) is 0 Å². The lowest BCUT2D eigenvalue weighted by Crippen LogP contribution is -2.37. The summed E-state index contributed by atoms with van der Waals surface area (Å²) in [6.45, 7) is 3.33. The number of pyridine rings is 1. The van der Waals surface area contributed by atoms with Crippen LogP contribution in [-0.4, -0.2) is 34.7 Å². The van der Waals surface area contributed by atoms with Crippen molar-refractivity contribution in [1.29, 1.82) is 0 Å². The second-order valence-corrected chi connectivity index (χ2v) is 4.69. The van der Waals surface area contributed by atoms with Crippen molar-refractivity contribution in [1.82, 2.24) is 4.98 Å². The fourth-order valence-electron chi connectivity index (χ4n) is 2.32. The van der Waals surface area contributed by atoms with E-state index in [4.69, 9.17) is 0 Å². The Kier molecular flexibility index (Phi) is 3.76. The Morgan fingerprint density at radius 1 is 1.61 bits per heavy atom. The number of nitrogens with zero attached hydrogens (tertiary/aromatic N) is 3. The first-order chi connectivity index (χ1) is 8.61. The molecule has 1 atom stereocenters. The maximum Gasteiger partial charge on any atom is 0.311 e. The summed E-state index contributed by atoms with van der Waals surface area (Å²) in [5.41, 5.74) is 0.806. The maximum atomic E-state index is 11.0. The fraction of sp³-hybridized carbons (Fsp3) is 0.583. The Morgan fingerprint density at radius 2 is 2.39 bits per heavy atom. The number of aryl methyl sites for hydroxylation is 1. The molecule has 1 saturated heterocycles. The van der Waals surface area contributed by atoms with Gasteiger partial charge >= 0.3 is 5.69 Å². The summed E-state index contributed by atoms with van der Waals surface area (Å²) in [6.07, 6.45) is 1.89. The number of aliphatic hydroxyl groups is 1. The van der Waals surface area contributed by atoms with Gasteiger partial charge in [-0.25, -0.2) is 4.98 Å². The minimum absolute atomic E-state index is 0.0409. The molecule has 2 heterocycles. The van der Waals surface area contributed by atoms with Gasteiger partial charge in [0, 0.05) is 31.5 Å². The summed E-state index contributed by atoms with van der Waals surface area (Å²) in [4.78, 5) is 16.8. The SMILES string of the molecule is Cc1ccc([N+](=O)[O-])c(N2CCCC(CO)C2)n1. The van der Waals surface area contributed by atoms with Crippen LogP contribution in [0.3, 0.4) is 0 Å². The molecule has 1 unspecified atom stereocenters. The van der Waals surface area contributed by atoms with Crippen LogP contribution in [0.5, 0.6) is 0 Å². The Bertz CT molecular complexity index is 450. The lowest BCUT2D eigenvalue weighted by Gasteiger charge is -2.32. The molecule has 0 saturated carbocycles. The van der Waals surface area contributed by atoms with Gasteiger partial charge in [0.05, 0.1) is 4.92 Å². The highest BCUT2D eigenvalue weighted by atomic mass is 16.6. The van der Waals surface area contributed by atoms with Crippen molar-refractivity contribution >= 4 is 11.5 Å². The Hall–Kier alpha value is -1.69. The third-order valence-corrected chi connectivity index (χ3v) is 3.27. The summed E-state index contributed by atoms with van der Waals surface area (Å²) in [5.74, 6) is 0.610. The van der Waals surface area contributed by atoms with Crippen LogP contribution in [-0.2, 0) is 0 Å². The molecule has 1 aliphatic heterocycles. The van der Waals surface area contributed by atoms with Gasteiger partial charge in [-0.1, -0.05) is 0 Å². The Morgan fingerprint density at radius 3 is 3.06 bits per heavy atom. The minimum Gasteiger partial charge on any atom is -0.396 e. The molecule has 2 rings (SSSR count). The van der Waals surface area contributed by atoms with E-state index in [0.717, 1.165) is 25.1 Å². The highest BCUT2D eigenvalue weighted by Crippen LogP contribution is 2.29. The van der Waals surface area contributed by atoms with Crippen molar-refractivity contribution in [2.45, 2.75) is 19.8 Å². The van der Waals surface area contributed by atoms with Crippen molar-refractivity contribution in [3.8, 4) is 0 Å². The van der Waals surface area contributed by atoms with E-state index in [9.17, 15) is 15.2 Å². The van der Waals surface area contributed by atoms with Crippen LogP contribution in [0.15, 0.2) is 12.1 Å². The third-order valence-electron chi connectivity index (χ3n) is 3.27. The average Bonchev–Trinajstić information content (AvgIpc) is 2.38. The number of aliphatic hydroxyl groups excluding tert-OH is 1. The largest absolute Gasteiger partial charge is 0.396 e. The molecule has 1 aromatic heterocycles. The van der Waals surface area contributed by atoms with Gasteiger partial charge in [0.25, 0.3) is 0 Å². The van der Waals surface area contributed by atoms with Gasteiger partial charge in [0.2, 0.25) is 5.82 Å². The maximum absolute atomic E-state index is 11.0. The quantitative estimate of drug-likeness (QED) is 0.650. The summed E-state index contributed by atoms with van der Waals surface area (Å²) in [5, 5.41) is 20.2. The number of piperidine rings is 1. The number of nitro groups is 1. The van der Waals surface area contributed by atoms with E-state index < -0.39 is 4.92 Å². The van der Waals surface area contributed by atoms with Crippen molar-refractivity contribution in [2.75, 3.05) is 24.6 Å². The zero-order valence-electron chi connectivity index (χ0n) is 10.4. The molecule has 0 spiro atoms. The fourth-order valence-corrected chi connectivity index (χ4v) is 2.32. The van der Waals surface area contributed by atoms with Crippen LogP contribution in [0.4, 0.5) is 11.5 Å². The first-order valence-corrected chi connectivity index (χ1v) is 6.09. The molecule has 1 fully saturated rings. The first-order valence-electron chi connectivity index (χ1n) is 6.09. The normalized spacial score (nSPS) is 19.9. The predicted molar refractivity (Wildman–Crippen MR) is 67.7 cm³/mol. The van der Waals surface area contributed by atoms with Crippen molar-refractivity contribution < 1.29 is 10.0 Å². The second-order valence-electron chi connectivity index (χ2n) is 4.69. The summed E-state index contributed by atoms with van der Waals surface area (Å²) in [6, 6.07) is 3.15. The highest BCUT2D eigenvalue weighted by molar-refractivity contribution is 5.58. The molecule has 6 heteroatoms. The second kappa shape index (κ2) is 5.30. The van der Waals surface area contributed by atoms with Gasteiger partial charge in [-0.3, -0.25) is 10.1 Å². The van der Waals surface area contributed by atoms with Crippen LogP contribution in [0.25, 0.3) is 0 Å². The van der Waals surface area contributed by atoms with Gasteiger partial charge in [0.1, 0.15) is 0 Å². The molecule has 0 bridgehead atoms. The summed E-state index contributed by atoms with van der Waals surface area (Å²) >= 11 is 0. The standard InChI is InChI=1S/C12H17N3O3/c1-9-4-5-11(15(17)18)12(13-9)14-6-2-3-10(7-14)8-16/h4-5,10,16H,2-3,6-8H2,1H3. The Balaban J connectivity index is 2.31. The number of aromatic nitrogens is 1. The van der Waals surface area contributed by atoms with E-state index in [0.29, 0.717) is 12.4 Å². The molecular formula is C12H17N3O3. The molecule has 6 nitrogen and oxygen atoms in total. The first kappa shape index (κ1) is 12.8. The van der Waals surface area contributed by atoms with E-state index in [1.807, 2.05) is 11.8 Å². The highest BCUT2D eigenvalue weighted by Gasteiger charge is 2.26. The van der Waals surface area contributed by atoms with E-state index in [2.05, 4.69) is 4.98 Å². The average molecular weight is 251 g/mol. The molecule has 98 valence electrons.